The van der Waals surface area contributed by atoms with Crippen LogP contribution in [-0.4, -0.2) is 53.0 Å². The largest absolute Gasteiger partial charge is 0.361 e. The van der Waals surface area contributed by atoms with Crippen LogP contribution in [0.1, 0.15) is 11.1 Å². The van der Waals surface area contributed by atoms with Crippen LogP contribution in [0.15, 0.2) is 72.9 Å². The summed E-state index contributed by atoms with van der Waals surface area (Å²) >= 11 is 0. The number of hydrogen-bond acceptors (Lipinski definition) is 3. The minimum absolute atomic E-state index is 0.0366. The van der Waals surface area contributed by atoms with E-state index in [1.807, 2.05) is 59.6 Å². The summed E-state index contributed by atoms with van der Waals surface area (Å²) < 4.78 is 6.24. The number of ether oxygens (including phenoxy) is 1. The molecular formula is C27H27N3O3. The number of fused-ring (bicyclic) bond motifs is 2. The Labute approximate surface area is 192 Å². The second-order valence-corrected chi connectivity index (χ2v) is 9.30. The summed E-state index contributed by atoms with van der Waals surface area (Å²) in [5.74, 6) is -0.951. The number of aromatic amines is 1. The first-order valence-electron chi connectivity index (χ1n) is 11.7. The van der Waals surface area contributed by atoms with Gasteiger partial charge in [0, 0.05) is 30.2 Å². The zero-order valence-corrected chi connectivity index (χ0v) is 18.4. The van der Waals surface area contributed by atoms with Crippen molar-refractivity contribution in [1.82, 2.24) is 15.2 Å². The van der Waals surface area contributed by atoms with E-state index >= 15 is 0 Å². The van der Waals surface area contributed by atoms with Gasteiger partial charge in [-0.15, -0.1) is 0 Å². The number of benzene rings is 2. The highest BCUT2D eigenvalue weighted by atomic mass is 16.5. The van der Waals surface area contributed by atoms with E-state index in [-0.39, 0.29) is 17.9 Å². The summed E-state index contributed by atoms with van der Waals surface area (Å²) in [6.45, 7) is 1.69. The molecule has 0 aliphatic carbocycles. The molecule has 33 heavy (non-hydrogen) atoms. The smallest absolute Gasteiger partial charge is 0.230 e. The minimum Gasteiger partial charge on any atom is -0.361 e. The Morgan fingerprint density at radius 2 is 1.94 bits per heavy atom. The number of nitrogens with one attached hydrogen (secondary N) is 2. The molecule has 0 saturated carbocycles. The summed E-state index contributed by atoms with van der Waals surface area (Å²) in [5.41, 5.74) is 2.82. The lowest BCUT2D eigenvalue weighted by Crippen LogP contribution is -2.44. The monoisotopic (exact) mass is 441 g/mol. The molecule has 4 atom stereocenters. The van der Waals surface area contributed by atoms with E-state index in [4.69, 9.17) is 4.74 Å². The van der Waals surface area contributed by atoms with E-state index in [0.29, 0.717) is 19.6 Å². The van der Waals surface area contributed by atoms with E-state index in [1.165, 1.54) is 16.5 Å². The molecular weight excluding hydrogens is 414 g/mol. The molecule has 1 aromatic heterocycles. The van der Waals surface area contributed by atoms with E-state index in [0.717, 1.165) is 18.4 Å². The molecule has 1 unspecified atom stereocenters. The zero-order chi connectivity index (χ0) is 22.4. The Bertz CT molecular complexity index is 1230. The third-order valence-electron chi connectivity index (χ3n) is 7.36. The number of rotatable bonds is 7. The number of aromatic nitrogens is 1. The lowest BCUT2D eigenvalue weighted by Gasteiger charge is -2.23. The molecule has 6 rings (SSSR count). The van der Waals surface area contributed by atoms with Crippen LogP contribution in [0.2, 0.25) is 0 Å². The first kappa shape index (κ1) is 20.2. The van der Waals surface area contributed by atoms with Gasteiger partial charge in [-0.1, -0.05) is 60.7 Å². The Hall–Kier alpha value is -3.38. The van der Waals surface area contributed by atoms with E-state index in [9.17, 15) is 9.59 Å². The Morgan fingerprint density at radius 1 is 1.12 bits per heavy atom. The number of H-pyrrole nitrogens is 1. The van der Waals surface area contributed by atoms with Crippen LogP contribution in [0.3, 0.4) is 0 Å². The van der Waals surface area contributed by atoms with E-state index in [2.05, 4.69) is 28.5 Å². The molecule has 2 aromatic carbocycles. The van der Waals surface area contributed by atoms with Crippen molar-refractivity contribution in [2.75, 3.05) is 19.6 Å². The minimum atomic E-state index is -0.655. The first-order chi connectivity index (χ1) is 16.1. The average Bonchev–Trinajstić information content (AvgIpc) is 3.58. The Balaban J connectivity index is 1.11. The summed E-state index contributed by atoms with van der Waals surface area (Å²) in [6.07, 6.45) is 7.19. The number of para-hydroxylation sites is 1. The maximum Gasteiger partial charge on any atom is 0.230 e. The lowest BCUT2D eigenvalue weighted by atomic mass is 9.77. The van der Waals surface area contributed by atoms with Crippen molar-refractivity contribution < 1.29 is 14.3 Å². The predicted octanol–water partition coefficient (Wildman–Crippen LogP) is 2.85. The molecule has 4 heterocycles. The van der Waals surface area contributed by atoms with Gasteiger partial charge in [0.1, 0.15) is 5.60 Å². The van der Waals surface area contributed by atoms with Gasteiger partial charge in [0.05, 0.1) is 24.5 Å². The van der Waals surface area contributed by atoms with Crippen LogP contribution in [0, 0.1) is 11.8 Å². The normalized spacial score (nSPS) is 27.5. The van der Waals surface area contributed by atoms with Crippen molar-refractivity contribution in [3.05, 3.63) is 84.1 Å². The van der Waals surface area contributed by atoms with Crippen LogP contribution in [-0.2, 0) is 27.2 Å². The summed E-state index contributed by atoms with van der Waals surface area (Å²) in [5, 5.41) is 4.26. The topological polar surface area (TPSA) is 74.4 Å². The van der Waals surface area contributed by atoms with Crippen molar-refractivity contribution in [3.63, 3.8) is 0 Å². The van der Waals surface area contributed by atoms with Crippen LogP contribution in [0.5, 0.6) is 0 Å². The fraction of sp³-hybridized carbons (Fsp3) is 0.333. The summed E-state index contributed by atoms with van der Waals surface area (Å²) in [6, 6.07) is 18.3. The molecule has 6 nitrogen and oxygen atoms in total. The number of carbonyl (C=O) groups excluding carboxylic acids is 2. The van der Waals surface area contributed by atoms with Crippen molar-refractivity contribution in [1.29, 1.82) is 0 Å². The molecule has 3 aliphatic heterocycles. The number of nitrogens with zero attached hydrogens (tertiary/aromatic N) is 1. The standard InChI is InChI=1S/C27H27N3O3/c31-25(28-14-11-19-16-29-21-9-5-4-8-20(19)21)23-22-10-13-27(33-22)17-30(26(32)24(23)27)15-12-18-6-2-1-3-7-18/h1-10,13,16,22-24,29H,11-12,14-15,17H2,(H,28,31)/t22-,23?,24-,27+/m1/s1. The van der Waals surface area contributed by atoms with Crippen molar-refractivity contribution in [3.8, 4) is 0 Å². The molecule has 2 bridgehead atoms. The molecule has 1 spiro atoms. The van der Waals surface area contributed by atoms with Gasteiger partial charge in [-0.3, -0.25) is 9.59 Å². The second kappa shape index (κ2) is 7.89. The molecule has 6 heteroatoms. The Morgan fingerprint density at radius 3 is 2.82 bits per heavy atom. The highest BCUT2D eigenvalue weighted by Crippen LogP contribution is 2.51. The molecule has 2 fully saturated rings. The quantitative estimate of drug-likeness (QED) is 0.554. The number of hydrogen-bond donors (Lipinski definition) is 2. The number of amides is 2. The van der Waals surface area contributed by atoms with Gasteiger partial charge in [0.2, 0.25) is 11.8 Å². The molecule has 2 amide bonds. The fourth-order valence-electron chi connectivity index (χ4n) is 5.75. The first-order valence-corrected chi connectivity index (χ1v) is 11.7. The highest BCUT2D eigenvalue weighted by molar-refractivity contribution is 5.93. The van der Waals surface area contributed by atoms with Crippen LogP contribution in [0.4, 0.5) is 0 Å². The molecule has 3 aromatic rings. The average molecular weight is 442 g/mol. The van der Waals surface area contributed by atoms with Gasteiger partial charge in [-0.2, -0.15) is 0 Å². The molecule has 3 aliphatic rings. The lowest BCUT2D eigenvalue weighted by molar-refractivity contribution is -0.137. The number of carbonyl (C=O) groups is 2. The third-order valence-corrected chi connectivity index (χ3v) is 7.36. The van der Waals surface area contributed by atoms with Crippen LogP contribution >= 0.6 is 0 Å². The molecule has 2 N–H and O–H groups in total. The van der Waals surface area contributed by atoms with Crippen LogP contribution < -0.4 is 5.32 Å². The molecule has 0 radical (unpaired) electrons. The second-order valence-electron chi connectivity index (χ2n) is 9.30. The SMILES string of the molecule is O=C(NCCc1c[nH]c2ccccc12)C1[C@H]2C=C[C@@]3(CN(CCc4ccccc4)C(=O)[C@@H]13)O2. The summed E-state index contributed by atoms with van der Waals surface area (Å²) in [4.78, 5) is 31.7. The zero-order valence-electron chi connectivity index (χ0n) is 18.4. The predicted molar refractivity (Wildman–Crippen MR) is 125 cm³/mol. The van der Waals surface area contributed by atoms with Crippen LogP contribution in [0.25, 0.3) is 10.9 Å². The van der Waals surface area contributed by atoms with E-state index < -0.39 is 17.4 Å². The fourth-order valence-corrected chi connectivity index (χ4v) is 5.75. The van der Waals surface area contributed by atoms with E-state index in [1.54, 1.807) is 0 Å². The van der Waals surface area contributed by atoms with Gasteiger partial charge in [-0.25, -0.2) is 0 Å². The van der Waals surface area contributed by atoms with Crippen molar-refractivity contribution in [2.24, 2.45) is 11.8 Å². The van der Waals surface area contributed by atoms with Crippen molar-refractivity contribution in [2.45, 2.75) is 24.5 Å². The van der Waals surface area contributed by atoms with Gasteiger partial charge in [0.25, 0.3) is 0 Å². The van der Waals surface area contributed by atoms with Gasteiger partial charge in [0.15, 0.2) is 0 Å². The summed E-state index contributed by atoms with van der Waals surface area (Å²) in [7, 11) is 0. The molecule has 2 saturated heterocycles. The van der Waals surface area contributed by atoms with Crippen molar-refractivity contribution >= 4 is 22.7 Å². The highest BCUT2D eigenvalue weighted by Gasteiger charge is 2.66. The molecule has 168 valence electrons. The maximum atomic E-state index is 13.3. The third kappa shape index (κ3) is 3.37. The van der Waals surface area contributed by atoms with Gasteiger partial charge < -0.3 is 19.9 Å². The van der Waals surface area contributed by atoms with Gasteiger partial charge >= 0.3 is 0 Å². The van der Waals surface area contributed by atoms with Gasteiger partial charge in [-0.05, 0) is 30.0 Å². The number of likely N-dealkylation sites (tertiary alicyclic amines) is 1. The Kier molecular flexibility index (Phi) is 4.84. The maximum absolute atomic E-state index is 13.3.